The number of aromatic nitrogens is 3. The molecule has 35 heavy (non-hydrogen) atoms. The molecule has 3 aromatic heterocycles. The predicted octanol–water partition coefficient (Wildman–Crippen LogP) is 3.44. The van der Waals surface area contributed by atoms with Crippen molar-refractivity contribution in [2.24, 2.45) is 11.7 Å². The zero-order valence-corrected chi connectivity index (χ0v) is 20.4. The van der Waals surface area contributed by atoms with Crippen molar-refractivity contribution >= 4 is 34.5 Å². The van der Waals surface area contributed by atoms with E-state index in [9.17, 15) is 9.18 Å². The normalized spacial score (nSPS) is 20.8. The zero-order valence-electron chi connectivity index (χ0n) is 19.6. The second-order valence-corrected chi connectivity index (χ2v) is 10.2. The van der Waals surface area contributed by atoms with Crippen LogP contribution in [-0.2, 0) is 17.8 Å². The highest BCUT2D eigenvalue weighted by atomic mass is 32.2. The van der Waals surface area contributed by atoms with Crippen LogP contribution in [0, 0.1) is 11.7 Å². The molecule has 1 aliphatic heterocycles. The number of halogens is 1. The average molecular weight is 497 g/mol. The molecule has 1 atom stereocenters. The number of hydrogen-bond donors (Lipinski definition) is 3. The number of nitrogens with two attached hydrogens (primary N) is 1. The third-order valence-corrected chi connectivity index (χ3v) is 7.92. The van der Waals surface area contributed by atoms with Crippen molar-refractivity contribution < 1.29 is 13.9 Å². The third kappa shape index (κ3) is 5.39. The largest absolute Gasteiger partial charge is 0.481 e. The number of ether oxygens (including phenoxy) is 1. The fourth-order valence-corrected chi connectivity index (χ4v) is 5.65. The fraction of sp³-hybridized carbons (Fsp3) is 0.440. The van der Waals surface area contributed by atoms with Crippen LogP contribution >= 0.6 is 11.8 Å². The summed E-state index contributed by atoms with van der Waals surface area (Å²) in [5.74, 6) is 1.45. The number of nitrogens with zero attached hydrogens (tertiary/aromatic N) is 3. The lowest BCUT2D eigenvalue weighted by molar-refractivity contribution is -0.113. The number of rotatable bonds is 7. The first-order valence-electron chi connectivity index (χ1n) is 11.9. The molecule has 2 aliphatic rings. The number of amides is 1. The van der Waals surface area contributed by atoms with E-state index < -0.39 is 0 Å². The summed E-state index contributed by atoms with van der Waals surface area (Å²) in [4.78, 5) is 25.8. The van der Waals surface area contributed by atoms with Gasteiger partial charge in [-0.3, -0.25) is 9.78 Å². The molecule has 8 nitrogen and oxygen atoms in total. The Hall–Kier alpha value is -2.82. The number of carbonyl (C=O) groups excluding carboxylic acids is 1. The fourth-order valence-electron chi connectivity index (χ4n) is 4.89. The van der Waals surface area contributed by atoms with E-state index >= 15 is 0 Å². The van der Waals surface area contributed by atoms with E-state index in [-0.39, 0.29) is 17.8 Å². The first kappa shape index (κ1) is 23.9. The molecule has 0 aromatic carbocycles. The van der Waals surface area contributed by atoms with Gasteiger partial charge in [-0.15, -0.1) is 11.8 Å². The first-order valence-corrected chi connectivity index (χ1v) is 12.9. The Balaban J connectivity index is 1.16. The number of fused-ring (bicyclic) bond motifs is 2. The highest BCUT2D eigenvalue weighted by molar-refractivity contribution is 8.00. The maximum atomic E-state index is 14.7. The maximum absolute atomic E-state index is 14.7. The van der Waals surface area contributed by atoms with Gasteiger partial charge in [0.15, 0.2) is 0 Å². The van der Waals surface area contributed by atoms with Crippen LogP contribution in [0.15, 0.2) is 35.4 Å². The molecule has 1 unspecified atom stereocenters. The van der Waals surface area contributed by atoms with Crippen molar-refractivity contribution in [1.29, 1.82) is 0 Å². The number of thioether (sulfide) groups is 1. The molecule has 1 amide bonds. The molecule has 0 bridgehead atoms. The summed E-state index contributed by atoms with van der Waals surface area (Å²) in [6.45, 7) is 0.650. The van der Waals surface area contributed by atoms with Crippen LogP contribution in [0.25, 0.3) is 11.0 Å². The summed E-state index contributed by atoms with van der Waals surface area (Å²) in [6, 6.07) is 7.76. The van der Waals surface area contributed by atoms with Crippen molar-refractivity contribution in [2.45, 2.75) is 55.6 Å². The molecule has 4 N–H and O–H groups in total. The molecule has 10 heteroatoms. The molecule has 1 fully saturated rings. The van der Waals surface area contributed by atoms with Crippen LogP contribution in [0.4, 0.5) is 10.2 Å². The van der Waals surface area contributed by atoms with E-state index in [0.29, 0.717) is 59.0 Å². The number of methoxy groups -OCH3 is 1. The number of anilines is 1. The molecule has 184 valence electrons. The number of pyridine rings is 3. The summed E-state index contributed by atoms with van der Waals surface area (Å²) >= 11 is 1.51. The van der Waals surface area contributed by atoms with Crippen molar-refractivity contribution in [2.75, 3.05) is 18.2 Å². The topological polar surface area (TPSA) is 115 Å². The minimum absolute atomic E-state index is 0.00988. The Bertz CT molecular complexity index is 1230. The van der Waals surface area contributed by atoms with E-state index in [1.807, 2.05) is 12.1 Å². The van der Waals surface area contributed by atoms with Crippen LogP contribution in [0.3, 0.4) is 0 Å². The summed E-state index contributed by atoms with van der Waals surface area (Å²) in [7, 11) is 1.54. The Morgan fingerprint density at radius 2 is 2.06 bits per heavy atom. The molecule has 1 saturated carbocycles. The second kappa shape index (κ2) is 10.4. The third-order valence-electron chi connectivity index (χ3n) is 6.87. The Kier molecular flexibility index (Phi) is 7.12. The van der Waals surface area contributed by atoms with Crippen molar-refractivity contribution in [3.8, 4) is 5.88 Å². The SMILES string of the molecule is COc1ccc2ncc(F)c(CC(N)[C@H]3CC[C@H](NCc4ccc5c(n4)NC(=O)CS5)CC3)c2n1. The summed E-state index contributed by atoms with van der Waals surface area (Å²) in [5, 5.41) is 6.44. The van der Waals surface area contributed by atoms with Crippen LogP contribution in [0.5, 0.6) is 5.88 Å². The Labute approximate surface area is 207 Å². The Morgan fingerprint density at radius 1 is 1.23 bits per heavy atom. The van der Waals surface area contributed by atoms with Gasteiger partial charge in [-0.25, -0.2) is 14.4 Å². The zero-order chi connectivity index (χ0) is 24.4. The second-order valence-electron chi connectivity index (χ2n) is 9.15. The molecule has 0 spiro atoms. The average Bonchev–Trinajstić information content (AvgIpc) is 2.88. The minimum atomic E-state index is -0.379. The number of hydrogen-bond acceptors (Lipinski definition) is 8. The molecule has 1 aliphatic carbocycles. The van der Waals surface area contributed by atoms with Crippen LogP contribution < -0.4 is 21.1 Å². The lowest BCUT2D eigenvalue weighted by Gasteiger charge is -2.33. The predicted molar refractivity (Wildman–Crippen MR) is 134 cm³/mol. The first-order chi connectivity index (χ1) is 17.0. The summed E-state index contributed by atoms with van der Waals surface area (Å²) in [6.07, 6.45) is 5.62. The van der Waals surface area contributed by atoms with Gasteiger partial charge in [0.05, 0.1) is 40.7 Å². The number of carbonyl (C=O) groups is 1. The lowest BCUT2D eigenvalue weighted by Crippen LogP contribution is -2.40. The molecular formula is C25H29FN6O2S. The van der Waals surface area contributed by atoms with Gasteiger partial charge < -0.3 is 21.1 Å². The Morgan fingerprint density at radius 3 is 2.86 bits per heavy atom. The summed E-state index contributed by atoms with van der Waals surface area (Å²) in [5.41, 5.74) is 9.15. The van der Waals surface area contributed by atoms with Crippen LogP contribution in [0.2, 0.25) is 0 Å². The van der Waals surface area contributed by atoms with E-state index in [1.54, 1.807) is 12.1 Å². The monoisotopic (exact) mass is 496 g/mol. The summed E-state index contributed by atoms with van der Waals surface area (Å²) < 4.78 is 19.9. The van der Waals surface area contributed by atoms with Crippen molar-refractivity contribution in [3.63, 3.8) is 0 Å². The molecule has 5 rings (SSSR count). The standard InChI is InChI=1S/C25H29FN6O2S/c1-34-23-9-7-20-24(32-23)17(18(26)12-29-20)10-19(27)14-2-4-15(5-3-14)28-11-16-6-8-21-25(30-16)31-22(33)13-35-21/h6-9,12,14-15,19,28H,2-5,10-11,13,27H2,1H3,(H,30,31,33)/t14-,15-,19?. The van der Waals surface area contributed by atoms with E-state index in [2.05, 4.69) is 25.6 Å². The van der Waals surface area contributed by atoms with Crippen molar-refractivity contribution in [3.05, 3.63) is 47.5 Å². The minimum Gasteiger partial charge on any atom is -0.481 e. The molecular weight excluding hydrogens is 467 g/mol. The molecule has 3 aromatic rings. The van der Waals surface area contributed by atoms with Gasteiger partial charge in [0.25, 0.3) is 0 Å². The quantitative estimate of drug-likeness (QED) is 0.456. The smallest absolute Gasteiger partial charge is 0.235 e. The van der Waals surface area contributed by atoms with Crippen LogP contribution in [0.1, 0.15) is 36.9 Å². The van der Waals surface area contributed by atoms with Gasteiger partial charge in [0.2, 0.25) is 11.8 Å². The lowest BCUT2D eigenvalue weighted by atomic mass is 9.80. The van der Waals surface area contributed by atoms with Gasteiger partial charge in [0.1, 0.15) is 11.6 Å². The molecule has 4 heterocycles. The van der Waals surface area contributed by atoms with Gasteiger partial charge in [-0.1, -0.05) is 0 Å². The maximum Gasteiger partial charge on any atom is 0.235 e. The van der Waals surface area contributed by atoms with Gasteiger partial charge in [0, 0.05) is 30.3 Å². The van der Waals surface area contributed by atoms with Gasteiger partial charge in [-0.2, -0.15) is 0 Å². The van der Waals surface area contributed by atoms with E-state index in [1.165, 1.54) is 25.1 Å². The molecule has 0 saturated heterocycles. The van der Waals surface area contributed by atoms with Gasteiger partial charge >= 0.3 is 0 Å². The van der Waals surface area contributed by atoms with E-state index in [0.717, 1.165) is 36.3 Å². The van der Waals surface area contributed by atoms with E-state index in [4.69, 9.17) is 10.5 Å². The van der Waals surface area contributed by atoms with Crippen LogP contribution in [-0.4, -0.2) is 45.8 Å². The number of nitrogens with one attached hydrogen (secondary N) is 2. The molecule has 0 radical (unpaired) electrons. The van der Waals surface area contributed by atoms with Gasteiger partial charge in [-0.05, 0) is 56.2 Å². The van der Waals surface area contributed by atoms with Crippen molar-refractivity contribution in [1.82, 2.24) is 20.3 Å². The highest BCUT2D eigenvalue weighted by Gasteiger charge is 2.27. The highest BCUT2D eigenvalue weighted by Crippen LogP contribution is 2.31.